The van der Waals surface area contributed by atoms with Crippen LogP contribution in [0.1, 0.15) is 15.9 Å². The third-order valence-corrected chi connectivity index (χ3v) is 5.24. The molecule has 3 aromatic rings. The number of amides is 1. The summed E-state index contributed by atoms with van der Waals surface area (Å²) < 4.78 is 18.2. The van der Waals surface area contributed by atoms with Crippen molar-refractivity contribution in [2.75, 3.05) is 39.3 Å². The third-order valence-electron chi connectivity index (χ3n) is 5.24. The van der Waals surface area contributed by atoms with Crippen LogP contribution in [0, 0.1) is 0 Å². The maximum atomic E-state index is 12.8. The zero-order valence-electron chi connectivity index (χ0n) is 17.4. The van der Waals surface area contributed by atoms with E-state index in [4.69, 9.17) is 14.2 Å². The number of nitrogens with one attached hydrogen (secondary N) is 2. The number of hydrogen-bond donors (Lipinski definition) is 2. The van der Waals surface area contributed by atoms with E-state index >= 15 is 0 Å². The van der Waals surface area contributed by atoms with Gasteiger partial charge in [0.2, 0.25) is 5.95 Å². The molecule has 0 aliphatic carbocycles. The zero-order chi connectivity index (χ0) is 21.1. The van der Waals surface area contributed by atoms with Crippen LogP contribution in [0.4, 0.5) is 5.95 Å². The highest BCUT2D eigenvalue weighted by Crippen LogP contribution is 2.34. The molecule has 0 unspecified atom stereocenters. The number of aryl methyl sites for hydroxylation is 1. The Morgan fingerprint density at radius 2 is 2.17 bits per heavy atom. The molecule has 158 valence electrons. The number of hydrogen-bond acceptors (Lipinski definition) is 6. The van der Waals surface area contributed by atoms with Crippen LogP contribution < -0.4 is 20.1 Å². The number of aromatic nitrogens is 2. The number of rotatable bonds is 7. The number of methoxy groups -OCH3 is 2. The highest BCUT2D eigenvalue weighted by Gasteiger charge is 2.24. The number of benzene rings is 2. The summed E-state index contributed by atoms with van der Waals surface area (Å²) >= 11 is 0. The van der Waals surface area contributed by atoms with Crippen molar-refractivity contribution in [1.82, 2.24) is 14.9 Å². The molecule has 30 heavy (non-hydrogen) atoms. The minimum Gasteiger partial charge on any atom is -0.493 e. The first-order valence-electron chi connectivity index (χ1n) is 9.89. The van der Waals surface area contributed by atoms with Crippen LogP contribution in [-0.2, 0) is 18.2 Å². The maximum Gasteiger partial charge on any atom is 0.251 e. The average molecular weight is 410 g/mol. The molecular weight excluding hydrogens is 384 g/mol. The number of nitrogens with zero attached hydrogens (tertiary/aromatic N) is 2. The van der Waals surface area contributed by atoms with E-state index in [0.29, 0.717) is 37.5 Å². The predicted octanol–water partition coefficient (Wildman–Crippen LogP) is 2.37. The third kappa shape index (κ3) is 3.91. The largest absolute Gasteiger partial charge is 0.493 e. The number of para-hydroxylation sites is 1. The van der Waals surface area contributed by atoms with E-state index in [2.05, 4.69) is 15.6 Å². The Morgan fingerprint density at radius 3 is 2.97 bits per heavy atom. The Bertz CT molecular complexity index is 1060. The molecule has 0 fully saturated rings. The number of anilines is 1. The van der Waals surface area contributed by atoms with Gasteiger partial charge in [-0.05, 0) is 30.7 Å². The van der Waals surface area contributed by atoms with Crippen LogP contribution in [-0.4, -0.2) is 55.5 Å². The summed E-state index contributed by atoms with van der Waals surface area (Å²) in [5.41, 5.74) is 3.31. The summed E-state index contributed by atoms with van der Waals surface area (Å²) in [4.78, 5) is 17.4. The molecule has 2 aromatic carbocycles. The first kappa shape index (κ1) is 20.0. The number of carbonyl (C=O) groups is 1. The number of imidazole rings is 1. The zero-order valence-corrected chi connectivity index (χ0v) is 17.4. The smallest absolute Gasteiger partial charge is 0.251 e. The van der Waals surface area contributed by atoms with Gasteiger partial charge in [0.15, 0.2) is 11.5 Å². The predicted molar refractivity (Wildman–Crippen MR) is 115 cm³/mol. The highest BCUT2D eigenvalue weighted by atomic mass is 16.5. The molecule has 2 N–H and O–H groups in total. The average Bonchev–Trinajstić information content (AvgIpc) is 3.08. The quantitative estimate of drug-likeness (QED) is 0.582. The number of fused-ring (bicyclic) bond motifs is 2. The first-order valence-corrected chi connectivity index (χ1v) is 9.89. The van der Waals surface area contributed by atoms with Gasteiger partial charge in [-0.15, -0.1) is 0 Å². The van der Waals surface area contributed by atoms with E-state index in [1.807, 2.05) is 48.0 Å². The van der Waals surface area contributed by atoms with Crippen molar-refractivity contribution in [3.8, 4) is 11.5 Å². The van der Waals surface area contributed by atoms with Gasteiger partial charge >= 0.3 is 0 Å². The summed E-state index contributed by atoms with van der Waals surface area (Å²) in [5.74, 6) is 2.07. The van der Waals surface area contributed by atoms with Crippen molar-refractivity contribution in [3.63, 3.8) is 0 Å². The summed E-state index contributed by atoms with van der Waals surface area (Å²) in [6, 6.07) is 11.2. The summed E-state index contributed by atoms with van der Waals surface area (Å²) in [5, 5.41) is 6.31. The van der Waals surface area contributed by atoms with Crippen molar-refractivity contribution < 1.29 is 19.0 Å². The Balaban J connectivity index is 1.47. The molecule has 1 amide bonds. The van der Waals surface area contributed by atoms with E-state index in [1.54, 1.807) is 14.2 Å². The molecule has 0 bridgehead atoms. The Morgan fingerprint density at radius 1 is 1.30 bits per heavy atom. The lowest BCUT2D eigenvalue weighted by Gasteiger charge is -2.27. The fraction of sp³-hybridized carbons (Fsp3) is 0.364. The van der Waals surface area contributed by atoms with Crippen molar-refractivity contribution >= 4 is 22.9 Å². The van der Waals surface area contributed by atoms with Crippen LogP contribution in [0.25, 0.3) is 11.0 Å². The molecule has 1 aromatic heterocycles. The fourth-order valence-corrected chi connectivity index (χ4v) is 3.68. The molecule has 4 rings (SSSR count). The van der Waals surface area contributed by atoms with Gasteiger partial charge in [0.1, 0.15) is 6.61 Å². The van der Waals surface area contributed by atoms with Crippen molar-refractivity contribution in [2.45, 2.75) is 12.5 Å². The SMILES string of the molecule is COCCNc1nc2cc(C(=O)N[C@H]3COc4c(cccc4OC)C3)ccc2n1C. The molecule has 8 nitrogen and oxygen atoms in total. The Kier molecular flexibility index (Phi) is 5.76. The number of carbonyl (C=O) groups excluding carboxylic acids is 1. The van der Waals surface area contributed by atoms with E-state index in [-0.39, 0.29) is 11.9 Å². The van der Waals surface area contributed by atoms with Gasteiger partial charge in [-0.1, -0.05) is 12.1 Å². The summed E-state index contributed by atoms with van der Waals surface area (Å²) in [7, 11) is 5.22. The van der Waals surface area contributed by atoms with E-state index < -0.39 is 0 Å². The summed E-state index contributed by atoms with van der Waals surface area (Å²) in [6.07, 6.45) is 0.692. The van der Waals surface area contributed by atoms with Gasteiger partial charge in [-0.25, -0.2) is 4.98 Å². The van der Waals surface area contributed by atoms with Gasteiger partial charge in [0, 0.05) is 31.8 Å². The van der Waals surface area contributed by atoms with E-state index in [9.17, 15) is 4.79 Å². The van der Waals surface area contributed by atoms with Gasteiger partial charge in [-0.3, -0.25) is 4.79 Å². The standard InChI is InChI=1S/C22H26N4O4/c1-26-18-8-7-15(12-17(18)25-22(26)23-9-10-28-2)21(27)24-16-11-14-5-4-6-19(29-3)20(14)30-13-16/h4-8,12,16H,9-11,13H2,1-3H3,(H,23,25)(H,24,27)/t16-/m1/s1. The minimum atomic E-state index is -0.142. The van der Waals surface area contributed by atoms with Crippen LogP contribution >= 0.6 is 0 Å². The topological polar surface area (TPSA) is 86.6 Å². The molecule has 0 spiro atoms. The van der Waals surface area contributed by atoms with E-state index in [0.717, 1.165) is 28.3 Å². The Hall–Kier alpha value is -3.26. The lowest BCUT2D eigenvalue weighted by molar-refractivity contribution is 0.0914. The molecule has 1 atom stereocenters. The van der Waals surface area contributed by atoms with Crippen molar-refractivity contribution in [1.29, 1.82) is 0 Å². The highest BCUT2D eigenvalue weighted by molar-refractivity contribution is 5.98. The van der Waals surface area contributed by atoms with Gasteiger partial charge in [0.25, 0.3) is 5.91 Å². The van der Waals surface area contributed by atoms with Gasteiger partial charge in [0.05, 0.1) is 30.8 Å². The van der Waals surface area contributed by atoms with Crippen LogP contribution in [0.15, 0.2) is 36.4 Å². The second-order valence-electron chi connectivity index (χ2n) is 7.25. The monoisotopic (exact) mass is 410 g/mol. The maximum absolute atomic E-state index is 12.8. The molecular formula is C22H26N4O4. The van der Waals surface area contributed by atoms with Crippen LogP contribution in [0.5, 0.6) is 11.5 Å². The molecule has 0 saturated carbocycles. The molecule has 0 saturated heterocycles. The summed E-state index contributed by atoms with van der Waals surface area (Å²) in [6.45, 7) is 1.66. The lowest BCUT2D eigenvalue weighted by atomic mass is 10.0. The fourth-order valence-electron chi connectivity index (χ4n) is 3.68. The second-order valence-corrected chi connectivity index (χ2v) is 7.25. The molecule has 0 radical (unpaired) electrons. The second kappa shape index (κ2) is 8.62. The van der Waals surface area contributed by atoms with Crippen molar-refractivity contribution in [2.24, 2.45) is 7.05 Å². The Labute approximate surface area is 175 Å². The normalized spacial score (nSPS) is 15.4. The molecule has 2 heterocycles. The number of ether oxygens (including phenoxy) is 3. The lowest BCUT2D eigenvalue weighted by Crippen LogP contribution is -2.42. The minimum absolute atomic E-state index is 0.109. The molecule has 8 heteroatoms. The van der Waals surface area contributed by atoms with Gasteiger partial charge < -0.3 is 29.4 Å². The molecule has 1 aliphatic heterocycles. The van der Waals surface area contributed by atoms with Crippen LogP contribution in [0.2, 0.25) is 0 Å². The van der Waals surface area contributed by atoms with Gasteiger partial charge in [-0.2, -0.15) is 0 Å². The van der Waals surface area contributed by atoms with Crippen LogP contribution in [0.3, 0.4) is 0 Å². The van der Waals surface area contributed by atoms with E-state index in [1.165, 1.54) is 0 Å². The first-order chi connectivity index (χ1) is 14.6. The van der Waals surface area contributed by atoms with Crippen molar-refractivity contribution in [3.05, 3.63) is 47.5 Å². The molecule has 1 aliphatic rings.